The normalized spacial score (nSPS) is 21.9. The van der Waals surface area contributed by atoms with Crippen LogP contribution >= 0.6 is 0 Å². The van der Waals surface area contributed by atoms with E-state index in [1.807, 2.05) is 35.2 Å². The van der Waals surface area contributed by atoms with Crippen molar-refractivity contribution in [2.45, 2.75) is 25.2 Å². The molecule has 6 nitrogen and oxygen atoms in total. The standard InChI is InChI=1S/C18H26N2O4S/c1-2-25(22,23)20-10-8-18(9-11-20,16-6-4-3-5-7-16)17(21)19-12-14-24-15-13-19/h3-7H,2,8-15H2,1H3. The van der Waals surface area contributed by atoms with Gasteiger partial charge < -0.3 is 9.64 Å². The fraction of sp³-hybridized carbons (Fsp3) is 0.611. The van der Waals surface area contributed by atoms with Crippen LogP contribution in [0.5, 0.6) is 0 Å². The molecule has 1 aromatic rings. The molecule has 1 amide bonds. The molecule has 138 valence electrons. The number of carbonyl (C=O) groups is 1. The second-order valence-corrected chi connectivity index (χ2v) is 8.91. The maximum atomic E-state index is 13.4. The Morgan fingerprint density at radius 2 is 1.68 bits per heavy atom. The van der Waals surface area contributed by atoms with E-state index < -0.39 is 15.4 Å². The summed E-state index contributed by atoms with van der Waals surface area (Å²) in [6.07, 6.45) is 1.04. The molecular weight excluding hydrogens is 340 g/mol. The fourth-order valence-corrected chi connectivity index (χ4v) is 4.89. The summed E-state index contributed by atoms with van der Waals surface area (Å²) in [4.78, 5) is 15.3. The molecule has 2 aliphatic rings. The molecular formula is C18H26N2O4S. The second kappa shape index (κ2) is 7.43. The first kappa shape index (κ1) is 18.4. The van der Waals surface area contributed by atoms with Gasteiger partial charge in [-0.1, -0.05) is 30.3 Å². The van der Waals surface area contributed by atoms with Crippen LogP contribution in [0.1, 0.15) is 25.3 Å². The lowest BCUT2D eigenvalue weighted by Gasteiger charge is -2.43. The molecule has 0 bridgehead atoms. The summed E-state index contributed by atoms with van der Waals surface area (Å²) in [5.74, 6) is 0.207. The van der Waals surface area contributed by atoms with Gasteiger partial charge in [0.25, 0.3) is 0 Å². The number of sulfonamides is 1. The lowest BCUT2D eigenvalue weighted by molar-refractivity contribution is -0.143. The first-order valence-electron chi connectivity index (χ1n) is 8.90. The Labute approximate surface area is 149 Å². The van der Waals surface area contributed by atoms with Gasteiger partial charge in [0.1, 0.15) is 0 Å². The number of morpholine rings is 1. The predicted molar refractivity (Wildman–Crippen MR) is 95.8 cm³/mol. The largest absolute Gasteiger partial charge is 0.378 e. The molecule has 2 heterocycles. The highest BCUT2D eigenvalue weighted by atomic mass is 32.2. The summed E-state index contributed by atoms with van der Waals surface area (Å²) in [6, 6.07) is 9.80. The summed E-state index contributed by atoms with van der Waals surface area (Å²) >= 11 is 0. The van der Waals surface area contributed by atoms with Gasteiger partial charge in [0.05, 0.1) is 24.4 Å². The van der Waals surface area contributed by atoms with Crippen LogP contribution < -0.4 is 0 Å². The Morgan fingerprint density at radius 1 is 1.08 bits per heavy atom. The number of nitrogens with zero attached hydrogens (tertiary/aromatic N) is 2. The summed E-state index contributed by atoms with van der Waals surface area (Å²) in [6.45, 7) is 4.77. The zero-order valence-electron chi connectivity index (χ0n) is 14.7. The zero-order valence-corrected chi connectivity index (χ0v) is 15.5. The van der Waals surface area contributed by atoms with Crippen molar-refractivity contribution in [3.05, 3.63) is 35.9 Å². The summed E-state index contributed by atoms with van der Waals surface area (Å²) in [5, 5.41) is 0. The van der Waals surface area contributed by atoms with Crippen molar-refractivity contribution in [3.63, 3.8) is 0 Å². The van der Waals surface area contributed by atoms with Gasteiger partial charge >= 0.3 is 0 Å². The maximum absolute atomic E-state index is 13.4. The number of piperidine rings is 1. The van der Waals surface area contributed by atoms with Crippen molar-refractivity contribution >= 4 is 15.9 Å². The third-order valence-corrected chi connectivity index (χ3v) is 7.25. The van der Waals surface area contributed by atoms with Gasteiger partial charge in [-0.05, 0) is 25.3 Å². The average Bonchev–Trinajstić information content (AvgIpc) is 2.68. The highest BCUT2D eigenvalue weighted by molar-refractivity contribution is 7.89. The minimum Gasteiger partial charge on any atom is -0.378 e. The molecule has 2 saturated heterocycles. The maximum Gasteiger partial charge on any atom is 0.233 e. The lowest BCUT2D eigenvalue weighted by atomic mass is 9.72. The fourth-order valence-electron chi connectivity index (χ4n) is 3.78. The van der Waals surface area contributed by atoms with Gasteiger partial charge in [0, 0.05) is 26.2 Å². The van der Waals surface area contributed by atoms with Crippen LogP contribution in [-0.2, 0) is 25.0 Å². The third kappa shape index (κ3) is 3.59. The molecule has 2 aliphatic heterocycles. The van der Waals surface area contributed by atoms with E-state index in [2.05, 4.69) is 0 Å². The minimum atomic E-state index is -3.22. The smallest absolute Gasteiger partial charge is 0.233 e. The Balaban J connectivity index is 1.88. The van der Waals surface area contributed by atoms with E-state index in [4.69, 9.17) is 4.74 Å². The number of carbonyl (C=O) groups excluding carboxylic acids is 1. The predicted octanol–water partition coefficient (Wildman–Crippen LogP) is 1.23. The number of amides is 1. The van der Waals surface area contributed by atoms with E-state index in [9.17, 15) is 13.2 Å². The Bertz CT molecular complexity index is 691. The Kier molecular flexibility index (Phi) is 5.46. The van der Waals surface area contributed by atoms with Gasteiger partial charge in [0.15, 0.2) is 0 Å². The number of ether oxygens (including phenoxy) is 1. The van der Waals surface area contributed by atoms with Crippen LogP contribution in [0.3, 0.4) is 0 Å². The van der Waals surface area contributed by atoms with Crippen molar-refractivity contribution < 1.29 is 17.9 Å². The van der Waals surface area contributed by atoms with Gasteiger partial charge in [-0.2, -0.15) is 0 Å². The minimum absolute atomic E-state index is 0.0999. The number of benzene rings is 1. The first-order valence-corrected chi connectivity index (χ1v) is 10.5. The SMILES string of the molecule is CCS(=O)(=O)N1CCC(C(=O)N2CCOCC2)(c2ccccc2)CC1. The van der Waals surface area contributed by atoms with Crippen molar-refractivity contribution in [2.24, 2.45) is 0 Å². The molecule has 1 aromatic carbocycles. The van der Waals surface area contributed by atoms with Gasteiger partial charge in [-0.25, -0.2) is 12.7 Å². The molecule has 0 unspecified atom stereocenters. The highest BCUT2D eigenvalue weighted by Gasteiger charge is 2.46. The quantitative estimate of drug-likeness (QED) is 0.804. The molecule has 7 heteroatoms. The highest BCUT2D eigenvalue weighted by Crippen LogP contribution is 2.38. The zero-order chi connectivity index (χ0) is 17.9. The Morgan fingerprint density at radius 3 is 2.24 bits per heavy atom. The number of hydrogen-bond donors (Lipinski definition) is 0. The van der Waals surface area contributed by atoms with Gasteiger partial charge in [-0.3, -0.25) is 4.79 Å². The van der Waals surface area contributed by atoms with Crippen molar-refractivity contribution in [2.75, 3.05) is 45.1 Å². The van der Waals surface area contributed by atoms with Crippen molar-refractivity contribution in [3.8, 4) is 0 Å². The van der Waals surface area contributed by atoms with Crippen LogP contribution in [0.15, 0.2) is 30.3 Å². The molecule has 2 fully saturated rings. The average molecular weight is 366 g/mol. The molecule has 0 N–H and O–H groups in total. The summed E-state index contributed by atoms with van der Waals surface area (Å²) in [7, 11) is -3.22. The molecule has 0 saturated carbocycles. The van der Waals surface area contributed by atoms with Gasteiger partial charge in [-0.15, -0.1) is 0 Å². The molecule has 0 aromatic heterocycles. The molecule has 3 rings (SSSR count). The molecule has 25 heavy (non-hydrogen) atoms. The second-order valence-electron chi connectivity index (χ2n) is 6.65. The first-order chi connectivity index (χ1) is 12.0. The van der Waals surface area contributed by atoms with E-state index in [1.165, 1.54) is 4.31 Å². The third-order valence-electron chi connectivity index (χ3n) is 5.37. The Hall–Kier alpha value is -1.44. The van der Waals surface area contributed by atoms with E-state index in [-0.39, 0.29) is 11.7 Å². The van der Waals surface area contributed by atoms with Crippen molar-refractivity contribution in [1.29, 1.82) is 0 Å². The van der Waals surface area contributed by atoms with E-state index in [0.29, 0.717) is 52.2 Å². The van der Waals surface area contributed by atoms with E-state index in [1.54, 1.807) is 6.92 Å². The van der Waals surface area contributed by atoms with Gasteiger partial charge in [0.2, 0.25) is 15.9 Å². The lowest BCUT2D eigenvalue weighted by Crippen LogP contribution is -2.56. The van der Waals surface area contributed by atoms with E-state index >= 15 is 0 Å². The monoisotopic (exact) mass is 366 g/mol. The summed E-state index contributed by atoms with van der Waals surface area (Å²) < 4.78 is 31.3. The topological polar surface area (TPSA) is 66.9 Å². The van der Waals surface area contributed by atoms with Crippen LogP contribution in [0, 0.1) is 0 Å². The van der Waals surface area contributed by atoms with Crippen LogP contribution in [0.2, 0.25) is 0 Å². The summed E-state index contributed by atoms with van der Waals surface area (Å²) in [5.41, 5.74) is 0.346. The molecule has 0 atom stereocenters. The molecule has 0 spiro atoms. The van der Waals surface area contributed by atoms with Crippen LogP contribution in [-0.4, -0.2) is 68.7 Å². The van der Waals surface area contributed by atoms with Crippen molar-refractivity contribution in [1.82, 2.24) is 9.21 Å². The number of hydrogen-bond acceptors (Lipinski definition) is 4. The number of rotatable bonds is 4. The molecule has 0 aliphatic carbocycles. The van der Waals surface area contributed by atoms with E-state index in [0.717, 1.165) is 5.56 Å². The molecule has 0 radical (unpaired) electrons. The van der Waals surface area contributed by atoms with Crippen LogP contribution in [0.4, 0.5) is 0 Å². The van der Waals surface area contributed by atoms with Crippen LogP contribution in [0.25, 0.3) is 0 Å².